The maximum absolute atomic E-state index is 12.9. The molecule has 8 nitrogen and oxygen atoms in total. The number of anilines is 1. The molecule has 3 aromatic carbocycles. The molecular formula is C24H20FN3O5. The third-order valence-electron chi connectivity index (χ3n) is 4.44. The number of benzene rings is 3. The van der Waals surface area contributed by atoms with Crippen molar-refractivity contribution in [3.8, 4) is 11.5 Å². The first-order valence-electron chi connectivity index (χ1n) is 9.73. The Morgan fingerprint density at radius 3 is 1.97 bits per heavy atom. The van der Waals surface area contributed by atoms with Gasteiger partial charge in [0.05, 0.1) is 18.4 Å². The fourth-order valence-corrected chi connectivity index (χ4v) is 2.63. The van der Waals surface area contributed by atoms with Crippen LogP contribution >= 0.6 is 0 Å². The first-order chi connectivity index (χ1) is 15.9. The monoisotopic (exact) mass is 449 g/mol. The first kappa shape index (κ1) is 23.1. The standard InChI is InChI=1S/C24H20FN3O5/c1-15(27-28-23(30)22(29)26-19-9-7-18(25)8-10-19)16-3-13-21(14-4-16)33-24(31)17-5-11-20(32-2)12-6-17/h3-14H,1-2H3,(H,26,29)(H,28,30). The second-order valence-electron chi connectivity index (χ2n) is 6.74. The molecule has 0 saturated carbocycles. The molecule has 0 heterocycles. The lowest BCUT2D eigenvalue weighted by Crippen LogP contribution is -2.32. The van der Waals surface area contributed by atoms with Gasteiger partial charge in [-0.05, 0) is 85.3 Å². The van der Waals surface area contributed by atoms with Crippen molar-refractivity contribution in [3.63, 3.8) is 0 Å². The van der Waals surface area contributed by atoms with Crippen molar-refractivity contribution in [1.82, 2.24) is 5.43 Å². The molecule has 0 spiro atoms. The number of hydrazone groups is 1. The van der Waals surface area contributed by atoms with Gasteiger partial charge in [-0.25, -0.2) is 14.6 Å². The Balaban J connectivity index is 1.55. The van der Waals surface area contributed by atoms with Crippen molar-refractivity contribution in [2.24, 2.45) is 5.10 Å². The van der Waals surface area contributed by atoms with Crippen LogP contribution in [0.15, 0.2) is 77.9 Å². The van der Waals surface area contributed by atoms with Crippen molar-refractivity contribution in [2.45, 2.75) is 6.92 Å². The minimum absolute atomic E-state index is 0.275. The van der Waals surface area contributed by atoms with Crippen LogP contribution in [0.4, 0.5) is 10.1 Å². The van der Waals surface area contributed by atoms with Crippen molar-refractivity contribution in [1.29, 1.82) is 0 Å². The van der Waals surface area contributed by atoms with Gasteiger partial charge in [-0.15, -0.1) is 0 Å². The van der Waals surface area contributed by atoms with Gasteiger partial charge in [0.2, 0.25) is 0 Å². The highest BCUT2D eigenvalue weighted by molar-refractivity contribution is 6.39. The second-order valence-corrected chi connectivity index (χ2v) is 6.74. The number of hydrogen-bond donors (Lipinski definition) is 2. The summed E-state index contributed by atoms with van der Waals surface area (Å²) in [4.78, 5) is 36.1. The number of nitrogens with zero attached hydrogens (tertiary/aromatic N) is 1. The molecule has 3 rings (SSSR count). The van der Waals surface area contributed by atoms with Crippen LogP contribution in [0.5, 0.6) is 11.5 Å². The molecule has 3 aromatic rings. The Morgan fingerprint density at radius 1 is 0.788 bits per heavy atom. The minimum atomic E-state index is -0.983. The smallest absolute Gasteiger partial charge is 0.343 e. The quantitative estimate of drug-likeness (QED) is 0.197. The topological polar surface area (TPSA) is 106 Å². The molecule has 0 bridgehead atoms. The lowest BCUT2D eigenvalue weighted by atomic mass is 10.1. The predicted molar refractivity (Wildman–Crippen MR) is 120 cm³/mol. The molecule has 0 fully saturated rings. The Hall–Kier alpha value is -4.53. The van der Waals surface area contributed by atoms with Crippen LogP contribution in [0.2, 0.25) is 0 Å². The van der Waals surface area contributed by atoms with Crippen molar-refractivity contribution < 1.29 is 28.2 Å². The number of amides is 2. The van der Waals surface area contributed by atoms with E-state index < -0.39 is 23.6 Å². The van der Waals surface area contributed by atoms with Gasteiger partial charge in [0, 0.05) is 5.69 Å². The molecule has 0 aliphatic rings. The summed E-state index contributed by atoms with van der Waals surface area (Å²) < 4.78 is 23.3. The highest BCUT2D eigenvalue weighted by Gasteiger charge is 2.14. The average molecular weight is 449 g/mol. The fourth-order valence-electron chi connectivity index (χ4n) is 2.63. The van der Waals surface area contributed by atoms with Crippen LogP contribution in [0.25, 0.3) is 0 Å². The molecule has 0 aliphatic heterocycles. The van der Waals surface area contributed by atoms with E-state index in [1.807, 2.05) is 0 Å². The van der Waals surface area contributed by atoms with E-state index >= 15 is 0 Å². The molecule has 0 aromatic heterocycles. The molecule has 2 N–H and O–H groups in total. The summed E-state index contributed by atoms with van der Waals surface area (Å²) in [6.07, 6.45) is 0. The van der Waals surface area contributed by atoms with Crippen LogP contribution < -0.4 is 20.2 Å². The maximum atomic E-state index is 12.9. The lowest BCUT2D eigenvalue weighted by molar-refractivity contribution is -0.136. The number of ether oxygens (including phenoxy) is 2. The fraction of sp³-hybridized carbons (Fsp3) is 0.0833. The summed E-state index contributed by atoms with van der Waals surface area (Å²) in [6.45, 7) is 1.64. The average Bonchev–Trinajstić information content (AvgIpc) is 2.84. The summed E-state index contributed by atoms with van der Waals surface area (Å²) in [5.41, 5.74) is 3.87. The SMILES string of the molecule is COc1ccc(C(=O)Oc2ccc(C(C)=NNC(=O)C(=O)Nc3ccc(F)cc3)cc2)cc1. The normalized spacial score (nSPS) is 10.8. The molecule has 168 valence electrons. The third-order valence-corrected chi connectivity index (χ3v) is 4.44. The number of carbonyl (C=O) groups is 3. The number of halogens is 1. The molecule has 0 radical (unpaired) electrons. The Kier molecular flexibility index (Phi) is 7.48. The van der Waals surface area contributed by atoms with Gasteiger partial charge in [0.15, 0.2) is 0 Å². The van der Waals surface area contributed by atoms with E-state index in [0.29, 0.717) is 28.3 Å². The van der Waals surface area contributed by atoms with Gasteiger partial charge in [-0.2, -0.15) is 5.10 Å². The number of hydrogen-bond acceptors (Lipinski definition) is 6. The van der Waals surface area contributed by atoms with Crippen molar-refractivity contribution in [3.05, 3.63) is 89.7 Å². The molecule has 33 heavy (non-hydrogen) atoms. The van der Waals surface area contributed by atoms with Crippen molar-refractivity contribution >= 4 is 29.2 Å². The van der Waals surface area contributed by atoms with Crippen molar-refractivity contribution in [2.75, 3.05) is 12.4 Å². The summed E-state index contributed by atoms with van der Waals surface area (Å²) in [5, 5.41) is 6.24. The Labute approximate surface area is 189 Å². The van der Waals surface area contributed by atoms with E-state index in [-0.39, 0.29) is 5.69 Å². The van der Waals surface area contributed by atoms with E-state index in [1.165, 1.54) is 19.2 Å². The van der Waals surface area contributed by atoms with E-state index in [9.17, 15) is 18.8 Å². The first-order valence-corrected chi connectivity index (χ1v) is 9.73. The summed E-state index contributed by atoms with van der Waals surface area (Å²) in [7, 11) is 1.54. The van der Waals surface area contributed by atoms with Gasteiger partial charge in [0.25, 0.3) is 0 Å². The summed E-state index contributed by atoms with van der Waals surface area (Å²) in [5.74, 6) is -1.95. The number of esters is 1. The molecule has 2 amide bonds. The molecule has 0 aliphatic carbocycles. The maximum Gasteiger partial charge on any atom is 0.343 e. The number of carbonyl (C=O) groups excluding carboxylic acids is 3. The minimum Gasteiger partial charge on any atom is -0.497 e. The van der Waals surface area contributed by atoms with Crippen LogP contribution in [0.3, 0.4) is 0 Å². The molecule has 9 heteroatoms. The van der Waals surface area contributed by atoms with Crippen LogP contribution in [0.1, 0.15) is 22.8 Å². The van der Waals surface area contributed by atoms with Gasteiger partial charge in [0.1, 0.15) is 17.3 Å². The summed E-state index contributed by atoms with van der Waals surface area (Å²) in [6, 6.07) is 18.0. The third kappa shape index (κ3) is 6.47. The van der Waals surface area contributed by atoms with Gasteiger partial charge in [-0.3, -0.25) is 9.59 Å². The zero-order valence-electron chi connectivity index (χ0n) is 17.8. The van der Waals surface area contributed by atoms with E-state index in [1.54, 1.807) is 55.5 Å². The highest BCUT2D eigenvalue weighted by Crippen LogP contribution is 2.17. The number of methoxy groups -OCH3 is 1. The largest absolute Gasteiger partial charge is 0.497 e. The Bertz CT molecular complexity index is 1170. The predicted octanol–water partition coefficient (Wildman–Crippen LogP) is 3.53. The lowest BCUT2D eigenvalue weighted by Gasteiger charge is -2.07. The van der Waals surface area contributed by atoms with E-state index in [4.69, 9.17) is 9.47 Å². The number of rotatable bonds is 6. The number of nitrogens with one attached hydrogen (secondary N) is 2. The molecule has 0 unspecified atom stereocenters. The van der Waals surface area contributed by atoms with Gasteiger partial charge < -0.3 is 14.8 Å². The van der Waals surface area contributed by atoms with Gasteiger partial charge >= 0.3 is 17.8 Å². The van der Waals surface area contributed by atoms with E-state index in [0.717, 1.165) is 12.1 Å². The summed E-state index contributed by atoms with van der Waals surface area (Å²) >= 11 is 0. The Morgan fingerprint density at radius 2 is 1.36 bits per heavy atom. The highest BCUT2D eigenvalue weighted by atomic mass is 19.1. The van der Waals surface area contributed by atoms with Crippen LogP contribution in [0, 0.1) is 5.82 Å². The zero-order valence-corrected chi connectivity index (χ0v) is 17.8. The van der Waals surface area contributed by atoms with Crippen LogP contribution in [-0.2, 0) is 9.59 Å². The van der Waals surface area contributed by atoms with Crippen LogP contribution in [-0.4, -0.2) is 30.6 Å². The zero-order chi connectivity index (χ0) is 23.8. The molecule has 0 atom stereocenters. The van der Waals surface area contributed by atoms with E-state index in [2.05, 4.69) is 15.8 Å². The van der Waals surface area contributed by atoms with Gasteiger partial charge in [-0.1, -0.05) is 0 Å². The molecular weight excluding hydrogens is 429 g/mol. The molecule has 0 saturated heterocycles. The second kappa shape index (κ2) is 10.7.